The van der Waals surface area contributed by atoms with Gasteiger partial charge in [0.25, 0.3) is 5.91 Å². The third-order valence-corrected chi connectivity index (χ3v) is 7.59. The van der Waals surface area contributed by atoms with Crippen LogP contribution in [0, 0.1) is 13.8 Å². The summed E-state index contributed by atoms with van der Waals surface area (Å²) in [5.41, 5.74) is 3.40. The molecule has 4 rings (SSSR count). The molecule has 0 unspecified atom stereocenters. The van der Waals surface area contributed by atoms with Gasteiger partial charge in [-0.15, -0.1) is 0 Å². The average Bonchev–Trinajstić information content (AvgIpc) is 2.86. The summed E-state index contributed by atoms with van der Waals surface area (Å²) in [6.07, 6.45) is -0.914. The number of morpholine rings is 1. The molecule has 1 saturated heterocycles. The lowest BCUT2D eigenvalue weighted by Gasteiger charge is -2.26. The Bertz CT molecular complexity index is 1240. The summed E-state index contributed by atoms with van der Waals surface area (Å²) in [5.74, 6) is 0.0795. The van der Waals surface area contributed by atoms with Crippen LogP contribution in [0.2, 0.25) is 0 Å². The predicted octanol–water partition coefficient (Wildman–Crippen LogP) is 4.08. The van der Waals surface area contributed by atoms with Gasteiger partial charge in [-0.3, -0.25) is 4.79 Å². The Morgan fingerprint density at radius 1 is 0.971 bits per heavy atom. The van der Waals surface area contributed by atoms with E-state index in [2.05, 4.69) is 5.32 Å². The fourth-order valence-corrected chi connectivity index (χ4v) is 5.14. The van der Waals surface area contributed by atoms with Crippen LogP contribution in [0.15, 0.2) is 77.7 Å². The number of ether oxygens (including phenoxy) is 2. The van der Waals surface area contributed by atoms with Gasteiger partial charge in [-0.05, 0) is 55.3 Å². The molecule has 0 bridgehead atoms. The van der Waals surface area contributed by atoms with E-state index in [1.807, 2.05) is 62.4 Å². The van der Waals surface area contributed by atoms with Gasteiger partial charge in [-0.25, -0.2) is 8.42 Å². The summed E-state index contributed by atoms with van der Waals surface area (Å²) >= 11 is 0. The van der Waals surface area contributed by atoms with Crippen LogP contribution < -0.4 is 10.1 Å². The van der Waals surface area contributed by atoms with E-state index in [0.29, 0.717) is 37.6 Å². The van der Waals surface area contributed by atoms with Crippen LogP contribution in [0.4, 0.5) is 5.69 Å². The molecule has 3 aromatic carbocycles. The Labute approximate surface area is 200 Å². The summed E-state index contributed by atoms with van der Waals surface area (Å²) in [6.45, 7) is 5.32. The predicted molar refractivity (Wildman–Crippen MR) is 130 cm³/mol. The van der Waals surface area contributed by atoms with Gasteiger partial charge in [-0.1, -0.05) is 42.5 Å². The van der Waals surface area contributed by atoms with Crippen molar-refractivity contribution in [1.29, 1.82) is 0 Å². The smallest absolute Gasteiger partial charge is 0.270 e. The summed E-state index contributed by atoms with van der Waals surface area (Å²) < 4.78 is 38.5. The number of anilines is 1. The van der Waals surface area contributed by atoms with Crippen molar-refractivity contribution in [2.45, 2.75) is 24.8 Å². The molecule has 7 nitrogen and oxygen atoms in total. The van der Waals surface area contributed by atoms with Crippen LogP contribution in [0.3, 0.4) is 0 Å². The molecule has 0 aliphatic carbocycles. The highest BCUT2D eigenvalue weighted by Crippen LogP contribution is 2.27. The topological polar surface area (TPSA) is 84.9 Å². The van der Waals surface area contributed by atoms with Gasteiger partial charge < -0.3 is 14.8 Å². The highest BCUT2D eigenvalue weighted by Gasteiger charge is 2.27. The number of aryl methyl sites for hydroxylation is 2. The number of nitrogens with one attached hydrogen (secondary N) is 1. The van der Waals surface area contributed by atoms with Crippen LogP contribution in [0.25, 0.3) is 0 Å². The van der Waals surface area contributed by atoms with E-state index in [1.165, 1.54) is 16.4 Å². The zero-order valence-electron chi connectivity index (χ0n) is 19.2. The second kappa shape index (κ2) is 10.4. The second-order valence-corrected chi connectivity index (χ2v) is 10.1. The van der Waals surface area contributed by atoms with Crippen LogP contribution in [-0.4, -0.2) is 44.9 Å². The van der Waals surface area contributed by atoms with Crippen molar-refractivity contribution in [2.24, 2.45) is 0 Å². The normalized spacial score (nSPS) is 15.5. The summed E-state index contributed by atoms with van der Waals surface area (Å²) in [6, 6.07) is 21.2. The Kier molecular flexibility index (Phi) is 7.31. The lowest BCUT2D eigenvalue weighted by atomic mass is 10.1. The molecule has 1 fully saturated rings. The minimum atomic E-state index is -3.61. The molecule has 0 saturated carbocycles. The van der Waals surface area contributed by atoms with E-state index in [1.54, 1.807) is 12.1 Å². The number of carbonyl (C=O) groups is 1. The van der Waals surface area contributed by atoms with Gasteiger partial charge in [0, 0.05) is 24.3 Å². The van der Waals surface area contributed by atoms with Crippen LogP contribution >= 0.6 is 0 Å². The number of nitrogens with zero attached hydrogens (tertiary/aromatic N) is 1. The number of sulfonamides is 1. The molecule has 0 radical (unpaired) electrons. The van der Waals surface area contributed by atoms with Crippen molar-refractivity contribution in [2.75, 3.05) is 31.6 Å². The standard InChI is InChI=1S/C26H28N2O5S/c1-19-8-9-20(2)24(18-19)27-26(29)25(21-6-4-3-5-7-21)33-22-10-12-23(13-11-22)34(30,31)28-14-16-32-17-15-28/h3-13,18,25H,14-17H2,1-2H3,(H,27,29)/t25-/m1/s1. The van der Waals surface area contributed by atoms with Crippen molar-refractivity contribution < 1.29 is 22.7 Å². The molecule has 0 aromatic heterocycles. The molecular formula is C26H28N2O5S. The maximum Gasteiger partial charge on any atom is 0.270 e. The monoisotopic (exact) mass is 480 g/mol. The first-order valence-electron chi connectivity index (χ1n) is 11.1. The Morgan fingerprint density at radius 2 is 1.65 bits per heavy atom. The number of benzene rings is 3. The average molecular weight is 481 g/mol. The Morgan fingerprint density at radius 3 is 2.32 bits per heavy atom. The maximum atomic E-state index is 13.3. The molecule has 1 heterocycles. The third-order valence-electron chi connectivity index (χ3n) is 5.68. The Balaban J connectivity index is 1.56. The van der Waals surface area contributed by atoms with Crippen molar-refractivity contribution in [1.82, 2.24) is 4.31 Å². The molecule has 1 aliphatic rings. The molecule has 0 spiro atoms. The van der Waals surface area contributed by atoms with Gasteiger partial charge >= 0.3 is 0 Å². The van der Waals surface area contributed by atoms with Crippen LogP contribution in [0.5, 0.6) is 5.75 Å². The molecule has 1 amide bonds. The van der Waals surface area contributed by atoms with Crippen LogP contribution in [0.1, 0.15) is 22.8 Å². The molecular weight excluding hydrogens is 452 g/mol. The summed E-state index contributed by atoms with van der Waals surface area (Å²) in [5, 5.41) is 2.97. The first kappa shape index (κ1) is 23.9. The quantitative estimate of drug-likeness (QED) is 0.551. The molecule has 8 heteroatoms. The van der Waals surface area contributed by atoms with Gasteiger partial charge in [0.2, 0.25) is 16.1 Å². The first-order valence-corrected chi connectivity index (χ1v) is 12.6. The van der Waals surface area contributed by atoms with Crippen molar-refractivity contribution in [3.63, 3.8) is 0 Å². The van der Waals surface area contributed by atoms with E-state index >= 15 is 0 Å². The highest BCUT2D eigenvalue weighted by atomic mass is 32.2. The summed E-state index contributed by atoms with van der Waals surface area (Å²) in [4.78, 5) is 13.4. The highest BCUT2D eigenvalue weighted by molar-refractivity contribution is 7.89. The van der Waals surface area contributed by atoms with Gasteiger partial charge in [0.15, 0.2) is 0 Å². The lowest BCUT2D eigenvalue weighted by Crippen LogP contribution is -2.40. The van der Waals surface area contributed by atoms with E-state index < -0.39 is 16.1 Å². The third kappa shape index (κ3) is 5.47. The first-order chi connectivity index (χ1) is 16.3. The molecule has 1 atom stereocenters. The van der Waals surface area contributed by atoms with Gasteiger partial charge in [-0.2, -0.15) is 4.31 Å². The Hall–Kier alpha value is -3.20. The zero-order chi connectivity index (χ0) is 24.1. The minimum Gasteiger partial charge on any atom is -0.476 e. The van der Waals surface area contributed by atoms with Crippen molar-refractivity contribution in [3.8, 4) is 5.75 Å². The largest absolute Gasteiger partial charge is 0.476 e. The number of amides is 1. The number of rotatable bonds is 7. The van der Waals surface area contributed by atoms with E-state index in [9.17, 15) is 13.2 Å². The number of carbonyl (C=O) groups excluding carboxylic acids is 1. The van der Waals surface area contributed by atoms with Crippen molar-refractivity contribution in [3.05, 3.63) is 89.5 Å². The molecule has 1 aliphatic heterocycles. The fraction of sp³-hybridized carbons (Fsp3) is 0.269. The summed E-state index contributed by atoms with van der Waals surface area (Å²) in [7, 11) is -3.61. The fourth-order valence-electron chi connectivity index (χ4n) is 3.73. The van der Waals surface area contributed by atoms with Gasteiger partial charge in [0.1, 0.15) is 5.75 Å². The van der Waals surface area contributed by atoms with E-state index in [0.717, 1.165) is 16.8 Å². The maximum absolute atomic E-state index is 13.3. The molecule has 1 N–H and O–H groups in total. The molecule has 178 valence electrons. The number of hydrogen-bond donors (Lipinski definition) is 1. The van der Waals surface area contributed by atoms with Gasteiger partial charge in [0.05, 0.1) is 18.1 Å². The number of hydrogen-bond acceptors (Lipinski definition) is 5. The lowest BCUT2D eigenvalue weighted by molar-refractivity contribution is -0.123. The van der Waals surface area contributed by atoms with E-state index in [4.69, 9.17) is 9.47 Å². The minimum absolute atomic E-state index is 0.179. The van der Waals surface area contributed by atoms with Crippen molar-refractivity contribution >= 4 is 21.6 Å². The van der Waals surface area contributed by atoms with E-state index in [-0.39, 0.29) is 10.8 Å². The SMILES string of the molecule is Cc1ccc(C)c(NC(=O)[C@H](Oc2ccc(S(=O)(=O)N3CCOCC3)cc2)c2ccccc2)c1. The van der Waals surface area contributed by atoms with Crippen LogP contribution in [-0.2, 0) is 19.6 Å². The molecule has 3 aromatic rings. The second-order valence-electron chi connectivity index (χ2n) is 8.20. The molecule has 34 heavy (non-hydrogen) atoms. The zero-order valence-corrected chi connectivity index (χ0v) is 20.0.